The highest BCUT2D eigenvalue weighted by atomic mass is 16.4. The zero-order valence-corrected chi connectivity index (χ0v) is 75.8. The number of carbonyl (C=O) groups is 17. The van der Waals surface area contributed by atoms with Crippen molar-refractivity contribution in [2.75, 3.05) is 45.9 Å². The van der Waals surface area contributed by atoms with Gasteiger partial charge in [-0.25, -0.2) is 19.7 Å². The van der Waals surface area contributed by atoms with Crippen molar-refractivity contribution in [3.05, 3.63) is 163 Å². The molecule has 0 radical (unpaired) electrons. The second kappa shape index (κ2) is 52.8. The van der Waals surface area contributed by atoms with Crippen LogP contribution < -0.4 is 97.0 Å². The first-order valence-electron chi connectivity index (χ1n) is 44.8. The van der Waals surface area contributed by atoms with Gasteiger partial charge in [-0.15, -0.1) is 0 Å². The number of nitrogens with zero attached hydrogens (tertiary/aromatic N) is 4. The standard InChI is InChI=1S/C89H120N28O20/c1-48(2)29-63(111-83(131)67(34-54-40-95-46-103-54)112-81(129)65(32-52-38-99-59-20-10-8-18-57(52)59)107-74(121)43-101-78(126)64(106-72(119)36-91)31-51-37-98-58-19-9-7-17-56(51)58)80(128)116-70(44-118)85(133)114-68(35-55-41-96-47-104-55)84(132)113-66(33-53-39-94-45-102-53)82(130)110-62(24-25-75(122)123)87(135)117-28-14-23-71(117)86(134)109-61(22-13-27-97-89(92)93)79(127)108-60(21-11-12-26-90)77(125)100-42-73(120)105-49(3)76(124)115-69(88(136)137)30-50-15-5-4-6-16-50/h4-10,15-20,37-41,45-49,60-71,98-99,118H,11-14,21-36,42-44,90-91H2,1-3H3,(H,94,102)(H,95,103)(H,96,104)(H,100,125)(H,101,126)(H,105,120)(H,106,119)(H,107,121)(H,108,127)(H,109,134)(H,110,130)(H,111,131)(H,112,129)(H,113,132)(H,114,133)(H,115,124)(H,116,128)(H,122,123)(H,136,137)(H4,92,93,97)/t49-,60-,61-,62-,63-,64-,65-,66-,67-,68-,69-,70-,71-/m0/s1. The van der Waals surface area contributed by atoms with Gasteiger partial charge < -0.3 is 142 Å². The molecule has 137 heavy (non-hydrogen) atoms. The molecule has 48 heteroatoms. The van der Waals surface area contributed by atoms with Crippen molar-refractivity contribution in [1.82, 2.24) is 125 Å². The summed E-state index contributed by atoms with van der Waals surface area (Å²) in [6, 6.07) is 3.14. The summed E-state index contributed by atoms with van der Waals surface area (Å²) in [5.74, 6) is -17.5. The number of carboxylic acids is 2. The maximum absolute atomic E-state index is 15.0. The summed E-state index contributed by atoms with van der Waals surface area (Å²) in [5.41, 5.74) is 20.8. The molecule has 8 aromatic rings. The minimum atomic E-state index is -1.90. The van der Waals surface area contributed by atoms with E-state index in [2.05, 4.69) is 120 Å². The number of rotatable bonds is 56. The van der Waals surface area contributed by atoms with Crippen LogP contribution >= 0.6 is 0 Å². The van der Waals surface area contributed by atoms with Crippen molar-refractivity contribution in [3.63, 3.8) is 0 Å². The van der Waals surface area contributed by atoms with Crippen LogP contribution in [0, 0.1) is 11.3 Å². The van der Waals surface area contributed by atoms with Crippen LogP contribution in [-0.4, -0.2) is 291 Å². The van der Waals surface area contributed by atoms with E-state index < -0.39 is 237 Å². The number of aliphatic hydroxyl groups is 1. The maximum atomic E-state index is 15.0. The Hall–Kier alpha value is -15.5. The lowest BCUT2D eigenvalue weighted by Gasteiger charge is -2.31. The van der Waals surface area contributed by atoms with Crippen molar-refractivity contribution in [2.24, 2.45) is 23.1 Å². The molecule has 30 N–H and O–H groups in total. The van der Waals surface area contributed by atoms with Gasteiger partial charge in [0.05, 0.1) is 62.3 Å². The van der Waals surface area contributed by atoms with Gasteiger partial charge in [0.15, 0.2) is 5.96 Å². The number of aliphatic hydroxyl groups excluding tert-OH is 1. The molecule has 15 amide bonds. The van der Waals surface area contributed by atoms with Gasteiger partial charge in [0, 0.05) is 111 Å². The monoisotopic (exact) mass is 1900 g/mol. The first-order chi connectivity index (χ1) is 65.7. The molecule has 1 aliphatic rings. The summed E-state index contributed by atoms with van der Waals surface area (Å²) >= 11 is 0. The molecule has 0 spiro atoms. The van der Waals surface area contributed by atoms with Gasteiger partial charge in [-0.3, -0.25) is 82.1 Å². The Bertz CT molecular complexity index is 5460. The van der Waals surface area contributed by atoms with Gasteiger partial charge in [-0.2, -0.15) is 0 Å². The smallest absolute Gasteiger partial charge is 0.326 e. The normalized spacial score (nSPS) is 14.9. The van der Waals surface area contributed by atoms with E-state index in [4.69, 9.17) is 22.6 Å². The molecule has 0 aliphatic carbocycles. The molecule has 48 nitrogen and oxygen atoms in total. The minimum Gasteiger partial charge on any atom is -0.481 e. The van der Waals surface area contributed by atoms with Crippen LogP contribution in [0.2, 0.25) is 0 Å². The third-order valence-corrected chi connectivity index (χ3v) is 22.5. The molecule has 1 fully saturated rings. The number of likely N-dealkylation sites (tertiary alicyclic amines) is 1. The summed E-state index contributed by atoms with van der Waals surface area (Å²) in [7, 11) is 0. The molecule has 5 aromatic heterocycles. The number of H-pyrrole nitrogens is 5. The molecule has 1 saturated heterocycles. The second-order valence-electron chi connectivity index (χ2n) is 33.4. The average Bonchev–Trinajstić information content (AvgIpc) is 1.71. The Labute approximate surface area is 785 Å². The summed E-state index contributed by atoms with van der Waals surface area (Å²) < 4.78 is 0. The number of aromatic nitrogens is 8. The molecule has 0 bridgehead atoms. The fraction of sp³-hybridized carbons (Fsp3) is 0.449. The Morgan fingerprint density at radius 1 is 0.453 bits per heavy atom. The summed E-state index contributed by atoms with van der Waals surface area (Å²) in [6.07, 6.45) is 9.10. The highest BCUT2D eigenvalue weighted by Crippen LogP contribution is 2.24. The minimum absolute atomic E-state index is 0.00372. The molecule has 13 atom stereocenters. The summed E-state index contributed by atoms with van der Waals surface area (Å²) in [6.45, 7) is 1.79. The van der Waals surface area contributed by atoms with Crippen molar-refractivity contribution < 1.29 is 96.8 Å². The van der Waals surface area contributed by atoms with Gasteiger partial charge in [0.25, 0.3) is 0 Å². The van der Waals surface area contributed by atoms with Crippen LogP contribution in [-0.2, 0) is 120 Å². The quantitative estimate of drug-likeness (QED) is 0.00964. The van der Waals surface area contributed by atoms with Gasteiger partial charge in [-0.1, -0.05) is 80.6 Å². The lowest BCUT2D eigenvalue weighted by Crippen LogP contribution is -2.61. The van der Waals surface area contributed by atoms with E-state index in [0.717, 1.165) is 15.8 Å². The number of carboxylic acid groups (broad SMARTS) is 2. The van der Waals surface area contributed by atoms with Gasteiger partial charge in [-0.05, 0) is 106 Å². The Balaban J connectivity index is 0.871. The molecule has 6 heterocycles. The Morgan fingerprint density at radius 2 is 0.891 bits per heavy atom. The van der Waals surface area contributed by atoms with Crippen LogP contribution in [0.3, 0.4) is 0 Å². The van der Waals surface area contributed by atoms with Crippen LogP contribution in [0.1, 0.15) is 119 Å². The fourth-order valence-electron chi connectivity index (χ4n) is 15.4. The van der Waals surface area contributed by atoms with Crippen LogP contribution in [0.4, 0.5) is 0 Å². The number of nitrogens with one attached hydrogen (secondary N) is 21. The fourth-order valence-corrected chi connectivity index (χ4v) is 15.4. The third kappa shape index (κ3) is 33.0. The molecular weight excluding hydrogens is 1780 g/mol. The number of hydrogen-bond donors (Lipinski definition) is 27. The lowest BCUT2D eigenvalue weighted by atomic mass is 10.0. The van der Waals surface area contributed by atoms with Crippen LogP contribution in [0.25, 0.3) is 21.8 Å². The molecule has 736 valence electrons. The zero-order chi connectivity index (χ0) is 99.2. The predicted molar refractivity (Wildman–Crippen MR) is 493 cm³/mol. The molecule has 1 aliphatic heterocycles. The summed E-state index contributed by atoms with van der Waals surface area (Å²) in [4.78, 5) is 267. The predicted octanol–water partition coefficient (Wildman–Crippen LogP) is -5.03. The number of carbonyl (C=O) groups excluding carboxylic acids is 15. The van der Waals surface area contributed by atoms with E-state index in [0.29, 0.717) is 34.0 Å². The van der Waals surface area contributed by atoms with Gasteiger partial charge in [0.2, 0.25) is 88.6 Å². The van der Waals surface area contributed by atoms with E-state index in [1.165, 1.54) is 44.5 Å². The highest BCUT2D eigenvalue weighted by molar-refractivity contribution is 6.01. The van der Waals surface area contributed by atoms with E-state index in [1.807, 2.05) is 18.2 Å². The number of guanidine groups is 1. The molecule has 3 aromatic carbocycles. The van der Waals surface area contributed by atoms with Crippen molar-refractivity contribution in [1.29, 1.82) is 5.41 Å². The number of amides is 15. The van der Waals surface area contributed by atoms with E-state index in [1.54, 1.807) is 86.9 Å². The first-order valence-corrected chi connectivity index (χ1v) is 44.8. The van der Waals surface area contributed by atoms with E-state index in [-0.39, 0.29) is 113 Å². The maximum Gasteiger partial charge on any atom is 0.326 e. The van der Waals surface area contributed by atoms with Crippen molar-refractivity contribution in [3.8, 4) is 0 Å². The first kappa shape index (κ1) is 105. The molecular formula is C89H120N28O20. The average molecular weight is 1900 g/mol. The van der Waals surface area contributed by atoms with Gasteiger partial charge in [0.1, 0.15) is 78.5 Å². The van der Waals surface area contributed by atoms with Crippen LogP contribution in [0.5, 0.6) is 0 Å². The number of para-hydroxylation sites is 2. The number of imidazole rings is 3. The van der Waals surface area contributed by atoms with Crippen molar-refractivity contribution >= 4 is 128 Å². The second-order valence-corrected chi connectivity index (χ2v) is 33.4. The Morgan fingerprint density at radius 3 is 1.39 bits per heavy atom. The zero-order valence-electron chi connectivity index (χ0n) is 75.8. The number of aliphatic carboxylic acids is 2. The number of nitrogens with two attached hydrogens (primary N) is 3. The summed E-state index contributed by atoms with van der Waals surface area (Å²) in [5, 5.41) is 78.4. The number of fused-ring (bicyclic) bond motifs is 2. The number of hydrogen-bond acceptors (Lipinski definition) is 24. The number of unbranched alkanes of at least 4 members (excludes halogenated alkanes) is 1. The SMILES string of the molecule is CC(C)C[C@H](NC(=O)[C@H](Cc1c[nH]cn1)NC(=O)[C@H](Cc1c[nH]c2ccccc12)NC(=O)CNC(=O)[C@H](Cc1c[nH]c2ccccc12)NC(=O)CN)C(=O)N[C@@H](CO)C(=O)N[C@@H](Cc1c[nH]cn1)C(=O)N[C@@H](Cc1c[nH]cn1)C(=O)N[C@@H](CCC(=O)O)C(=O)N1CCC[C@H]1C(=O)N[C@@H](CCCNC(=N)N)C(=O)N[C@@H](CCCCN)C(=O)NCC(=O)N[C@@H](C)C(=O)N[C@@H](Cc1ccccc1)C(=O)O. The van der Waals surface area contributed by atoms with E-state index in [9.17, 15) is 92.0 Å². The molecule has 0 unspecified atom stereocenters. The lowest BCUT2D eigenvalue weighted by molar-refractivity contribution is -0.143. The topological polar surface area (TPSA) is 754 Å². The number of aromatic amines is 5. The van der Waals surface area contributed by atoms with E-state index >= 15 is 4.79 Å². The molecule has 0 saturated carbocycles. The largest absolute Gasteiger partial charge is 0.481 e. The molecule has 9 rings (SSSR count). The number of benzene rings is 3. The van der Waals surface area contributed by atoms with Crippen LogP contribution in [0.15, 0.2) is 129 Å². The van der Waals surface area contributed by atoms with Crippen molar-refractivity contribution in [2.45, 2.75) is 202 Å². The highest BCUT2D eigenvalue weighted by Gasteiger charge is 2.42. The Kier molecular flexibility index (Phi) is 40.6. The van der Waals surface area contributed by atoms with Gasteiger partial charge >= 0.3 is 11.9 Å². The third-order valence-electron chi connectivity index (χ3n) is 22.5.